The molecule has 0 aliphatic carbocycles. The summed E-state index contributed by atoms with van der Waals surface area (Å²) < 4.78 is 24.4. The fourth-order valence-electron chi connectivity index (χ4n) is 2.60. The van der Waals surface area contributed by atoms with Gasteiger partial charge in [-0.15, -0.1) is 0 Å². The van der Waals surface area contributed by atoms with Gasteiger partial charge in [-0.25, -0.2) is 14.4 Å². The van der Waals surface area contributed by atoms with Crippen LogP contribution in [0.25, 0.3) is 0 Å². The van der Waals surface area contributed by atoms with Crippen molar-refractivity contribution < 1.29 is 13.9 Å². The molecule has 0 atom stereocenters. The fourth-order valence-corrected chi connectivity index (χ4v) is 2.60. The Kier molecular flexibility index (Phi) is 5.71. The number of hydrogen-bond acceptors (Lipinski definition) is 6. The molecule has 6 nitrogen and oxygen atoms in total. The largest absolute Gasteiger partial charge is 0.497 e. The maximum absolute atomic E-state index is 13.8. The van der Waals surface area contributed by atoms with Crippen LogP contribution in [0.5, 0.6) is 11.5 Å². The van der Waals surface area contributed by atoms with E-state index in [2.05, 4.69) is 20.6 Å². The van der Waals surface area contributed by atoms with Gasteiger partial charge in [0.2, 0.25) is 0 Å². The van der Waals surface area contributed by atoms with Crippen molar-refractivity contribution in [1.82, 2.24) is 9.97 Å². The summed E-state index contributed by atoms with van der Waals surface area (Å²) in [5.41, 5.74) is 1.28. The molecule has 0 amide bonds. The molecule has 0 radical (unpaired) electrons. The molecule has 2 aromatic carbocycles. The van der Waals surface area contributed by atoms with E-state index in [9.17, 15) is 4.39 Å². The lowest BCUT2D eigenvalue weighted by Gasteiger charge is -2.14. The van der Waals surface area contributed by atoms with Crippen LogP contribution in [0.3, 0.4) is 0 Å². The number of hydrogen-bond donors (Lipinski definition) is 2. The zero-order valence-corrected chi connectivity index (χ0v) is 15.4. The van der Waals surface area contributed by atoms with Gasteiger partial charge in [0.15, 0.2) is 0 Å². The summed E-state index contributed by atoms with van der Waals surface area (Å²) >= 11 is 0. The minimum absolute atomic E-state index is 0.254. The third kappa shape index (κ3) is 4.63. The van der Waals surface area contributed by atoms with Gasteiger partial charge in [0, 0.05) is 24.2 Å². The Morgan fingerprint density at radius 3 is 2.48 bits per heavy atom. The molecule has 140 valence electrons. The predicted molar refractivity (Wildman–Crippen MR) is 103 cm³/mol. The lowest BCUT2D eigenvalue weighted by atomic mass is 10.2. The first kappa shape index (κ1) is 18.4. The van der Waals surface area contributed by atoms with Crippen LogP contribution < -0.4 is 20.1 Å². The van der Waals surface area contributed by atoms with Crippen LogP contribution in [-0.4, -0.2) is 24.2 Å². The van der Waals surface area contributed by atoms with E-state index in [1.807, 2.05) is 18.2 Å². The molecule has 0 bridgehead atoms. The predicted octanol–water partition coefficient (Wildman–Crippen LogP) is 4.30. The molecule has 0 unspecified atom stereocenters. The van der Waals surface area contributed by atoms with E-state index in [1.165, 1.54) is 6.07 Å². The maximum Gasteiger partial charge on any atom is 0.142 e. The Morgan fingerprint density at radius 1 is 0.963 bits per heavy atom. The van der Waals surface area contributed by atoms with E-state index in [1.54, 1.807) is 45.4 Å². The number of anilines is 3. The van der Waals surface area contributed by atoms with E-state index >= 15 is 0 Å². The number of aromatic nitrogens is 2. The van der Waals surface area contributed by atoms with Crippen LogP contribution in [0, 0.1) is 12.7 Å². The minimum Gasteiger partial charge on any atom is -0.497 e. The lowest BCUT2D eigenvalue weighted by Crippen LogP contribution is -2.06. The van der Waals surface area contributed by atoms with Crippen molar-refractivity contribution in [2.75, 3.05) is 24.9 Å². The zero-order chi connectivity index (χ0) is 19.2. The Balaban J connectivity index is 1.80. The van der Waals surface area contributed by atoms with Crippen LogP contribution in [-0.2, 0) is 6.54 Å². The summed E-state index contributed by atoms with van der Waals surface area (Å²) in [6.07, 6.45) is 0. The molecule has 0 saturated heterocycles. The van der Waals surface area contributed by atoms with Crippen LogP contribution >= 0.6 is 0 Å². The third-order valence-corrected chi connectivity index (χ3v) is 3.93. The van der Waals surface area contributed by atoms with Gasteiger partial charge in [-0.2, -0.15) is 0 Å². The number of aryl methyl sites for hydroxylation is 1. The Morgan fingerprint density at radius 2 is 1.74 bits per heavy atom. The first-order valence-electron chi connectivity index (χ1n) is 8.41. The van der Waals surface area contributed by atoms with Crippen molar-refractivity contribution in [3.63, 3.8) is 0 Å². The van der Waals surface area contributed by atoms with Crippen LogP contribution in [0.15, 0.2) is 48.5 Å². The molecule has 27 heavy (non-hydrogen) atoms. The van der Waals surface area contributed by atoms with Crippen LogP contribution in [0.2, 0.25) is 0 Å². The van der Waals surface area contributed by atoms with E-state index in [0.29, 0.717) is 41.1 Å². The third-order valence-electron chi connectivity index (χ3n) is 3.93. The molecular formula is C20H21FN4O2. The molecule has 0 aliphatic rings. The number of nitrogens with one attached hydrogen (secondary N) is 2. The summed E-state index contributed by atoms with van der Waals surface area (Å²) in [6, 6.07) is 13.8. The number of ether oxygens (including phenoxy) is 2. The highest BCUT2D eigenvalue weighted by molar-refractivity contribution is 5.67. The van der Waals surface area contributed by atoms with E-state index < -0.39 is 0 Å². The van der Waals surface area contributed by atoms with Crippen molar-refractivity contribution in [1.29, 1.82) is 0 Å². The average molecular weight is 368 g/mol. The van der Waals surface area contributed by atoms with Crippen molar-refractivity contribution >= 4 is 17.3 Å². The van der Waals surface area contributed by atoms with Crippen LogP contribution in [0.1, 0.15) is 11.4 Å². The number of rotatable bonds is 7. The number of halogens is 1. The highest BCUT2D eigenvalue weighted by Gasteiger charge is 2.09. The zero-order valence-electron chi connectivity index (χ0n) is 15.4. The quantitative estimate of drug-likeness (QED) is 0.648. The van der Waals surface area contributed by atoms with Crippen molar-refractivity contribution in [3.8, 4) is 11.5 Å². The van der Waals surface area contributed by atoms with Gasteiger partial charge in [0.1, 0.15) is 34.8 Å². The molecule has 0 aliphatic heterocycles. The van der Waals surface area contributed by atoms with Gasteiger partial charge >= 0.3 is 0 Å². The number of methoxy groups -OCH3 is 2. The number of benzene rings is 2. The molecular weight excluding hydrogens is 347 g/mol. The topological polar surface area (TPSA) is 68.3 Å². The summed E-state index contributed by atoms with van der Waals surface area (Å²) in [5, 5.41) is 6.35. The van der Waals surface area contributed by atoms with E-state index in [4.69, 9.17) is 9.47 Å². The second kappa shape index (κ2) is 8.35. The fraction of sp³-hybridized carbons (Fsp3) is 0.200. The Bertz CT molecular complexity index is 934. The monoisotopic (exact) mass is 368 g/mol. The molecule has 3 aromatic rings. The maximum atomic E-state index is 13.8. The van der Waals surface area contributed by atoms with Crippen molar-refractivity contribution in [2.45, 2.75) is 13.5 Å². The Labute approximate surface area is 157 Å². The van der Waals surface area contributed by atoms with Crippen LogP contribution in [0.4, 0.5) is 21.7 Å². The molecule has 0 fully saturated rings. The standard InChI is InChI=1S/C20H21FN4O2/c1-13-23-19(22-12-14-6-4-5-7-16(14)21)11-20(24-13)25-17-10-15(26-2)8-9-18(17)27-3/h4-11H,12H2,1-3H3,(H2,22,23,24,25). The summed E-state index contributed by atoms with van der Waals surface area (Å²) in [6.45, 7) is 2.12. The van der Waals surface area contributed by atoms with Gasteiger partial charge in [0.05, 0.1) is 19.9 Å². The SMILES string of the molecule is COc1ccc(OC)c(Nc2cc(NCc3ccccc3F)nc(C)n2)c1. The normalized spacial score (nSPS) is 10.4. The molecule has 3 rings (SSSR count). The molecule has 2 N–H and O–H groups in total. The van der Waals surface area contributed by atoms with Gasteiger partial charge in [-0.3, -0.25) is 0 Å². The average Bonchev–Trinajstić information content (AvgIpc) is 2.67. The molecule has 0 saturated carbocycles. The van der Waals surface area contributed by atoms with E-state index in [0.717, 1.165) is 5.69 Å². The first-order valence-corrected chi connectivity index (χ1v) is 8.41. The van der Waals surface area contributed by atoms with Gasteiger partial charge in [0.25, 0.3) is 0 Å². The highest BCUT2D eigenvalue weighted by atomic mass is 19.1. The highest BCUT2D eigenvalue weighted by Crippen LogP contribution is 2.31. The number of nitrogens with zero attached hydrogens (tertiary/aromatic N) is 2. The van der Waals surface area contributed by atoms with Crippen molar-refractivity contribution in [2.24, 2.45) is 0 Å². The summed E-state index contributed by atoms with van der Waals surface area (Å²) in [4.78, 5) is 8.76. The second-order valence-corrected chi connectivity index (χ2v) is 5.82. The second-order valence-electron chi connectivity index (χ2n) is 5.82. The smallest absolute Gasteiger partial charge is 0.142 e. The molecule has 0 spiro atoms. The summed E-state index contributed by atoms with van der Waals surface area (Å²) in [7, 11) is 3.20. The van der Waals surface area contributed by atoms with Crippen molar-refractivity contribution in [3.05, 3.63) is 65.7 Å². The lowest BCUT2D eigenvalue weighted by molar-refractivity contribution is 0.405. The Hall–Kier alpha value is -3.35. The first-order chi connectivity index (χ1) is 13.1. The van der Waals surface area contributed by atoms with E-state index in [-0.39, 0.29) is 5.82 Å². The van der Waals surface area contributed by atoms with Gasteiger partial charge in [-0.1, -0.05) is 18.2 Å². The molecule has 7 heteroatoms. The molecule has 1 heterocycles. The van der Waals surface area contributed by atoms with Gasteiger partial charge in [-0.05, 0) is 25.1 Å². The minimum atomic E-state index is -0.254. The summed E-state index contributed by atoms with van der Waals surface area (Å²) in [5.74, 6) is 2.86. The molecule has 1 aromatic heterocycles. The van der Waals surface area contributed by atoms with Gasteiger partial charge < -0.3 is 20.1 Å².